The molecule has 0 bridgehead atoms. The van der Waals surface area contributed by atoms with Gasteiger partial charge >= 0.3 is 12.6 Å². The Bertz CT molecular complexity index is 562. The van der Waals surface area contributed by atoms with Gasteiger partial charge in [0.05, 0.1) is 5.92 Å². The van der Waals surface area contributed by atoms with Gasteiger partial charge in [-0.1, -0.05) is 25.7 Å². The minimum absolute atomic E-state index is 0.0316. The van der Waals surface area contributed by atoms with E-state index >= 15 is 0 Å². The maximum Gasteiger partial charge on any atom is 0.387 e. The summed E-state index contributed by atoms with van der Waals surface area (Å²) >= 11 is 0. The molecule has 7 heteroatoms. The van der Waals surface area contributed by atoms with Gasteiger partial charge in [0.1, 0.15) is 5.75 Å². The summed E-state index contributed by atoms with van der Waals surface area (Å²) in [5.74, 6) is -1.94. The molecule has 0 aromatic heterocycles. The van der Waals surface area contributed by atoms with Crippen molar-refractivity contribution >= 4 is 11.9 Å². The molecule has 1 fully saturated rings. The van der Waals surface area contributed by atoms with Crippen molar-refractivity contribution in [1.82, 2.24) is 5.32 Å². The maximum absolute atomic E-state index is 12.3. The van der Waals surface area contributed by atoms with E-state index in [0.717, 1.165) is 25.7 Å². The van der Waals surface area contributed by atoms with Gasteiger partial charge in [0.25, 0.3) is 5.91 Å². The minimum atomic E-state index is -2.92. The number of carboxylic acid groups (broad SMARTS) is 1. The lowest BCUT2D eigenvalue weighted by Gasteiger charge is -2.27. The monoisotopic (exact) mass is 341 g/mol. The lowest BCUT2D eigenvalue weighted by atomic mass is 9.86. The van der Waals surface area contributed by atoms with Crippen LogP contribution in [0.15, 0.2) is 24.3 Å². The molecule has 1 aromatic rings. The highest BCUT2D eigenvalue weighted by Gasteiger charge is 2.30. The minimum Gasteiger partial charge on any atom is -0.481 e. The molecule has 132 valence electrons. The summed E-state index contributed by atoms with van der Waals surface area (Å²) in [7, 11) is 0. The standard InChI is InChI=1S/C17H21F2NO4/c18-17(19)24-12-9-7-11(8-10-12)15(21)20-14-6-4-2-1-3-5-13(14)16(22)23/h7-10,13-14,17H,1-6H2,(H,20,21)(H,22,23). The number of nitrogens with one attached hydrogen (secondary N) is 1. The predicted octanol–water partition coefficient (Wildman–Crippen LogP) is 3.44. The normalized spacial score (nSPS) is 21.6. The lowest BCUT2D eigenvalue weighted by Crippen LogP contribution is -2.43. The smallest absolute Gasteiger partial charge is 0.387 e. The molecule has 1 saturated carbocycles. The van der Waals surface area contributed by atoms with Gasteiger partial charge in [-0.15, -0.1) is 0 Å². The summed E-state index contributed by atoms with van der Waals surface area (Å²) in [5.41, 5.74) is 0.280. The second-order valence-corrected chi connectivity index (χ2v) is 5.92. The van der Waals surface area contributed by atoms with E-state index in [0.29, 0.717) is 12.8 Å². The van der Waals surface area contributed by atoms with Crippen LogP contribution in [-0.4, -0.2) is 29.6 Å². The number of rotatable bonds is 5. The number of carbonyl (C=O) groups is 2. The predicted molar refractivity (Wildman–Crippen MR) is 83.2 cm³/mol. The van der Waals surface area contributed by atoms with Gasteiger partial charge in [0.15, 0.2) is 0 Å². The Morgan fingerprint density at radius 1 is 1.08 bits per heavy atom. The van der Waals surface area contributed by atoms with Crippen molar-refractivity contribution in [3.05, 3.63) is 29.8 Å². The van der Waals surface area contributed by atoms with E-state index in [1.807, 2.05) is 0 Å². The number of alkyl halides is 2. The third kappa shape index (κ3) is 5.18. The Kier molecular flexibility index (Phi) is 6.52. The van der Waals surface area contributed by atoms with Crippen LogP contribution in [0.5, 0.6) is 5.75 Å². The van der Waals surface area contributed by atoms with E-state index in [1.54, 1.807) is 0 Å². The van der Waals surface area contributed by atoms with Crippen molar-refractivity contribution in [3.63, 3.8) is 0 Å². The van der Waals surface area contributed by atoms with E-state index < -0.39 is 30.4 Å². The largest absolute Gasteiger partial charge is 0.481 e. The molecule has 2 unspecified atom stereocenters. The number of hydrogen-bond acceptors (Lipinski definition) is 3. The molecule has 0 heterocycles. The molecule has 1 amide bonds. The molecule has 0 spiro atoms. The van der Waals surface area contributed by atoms with Crippen molar-refractivity contribution < 1.29 is 28.2 Å². The summed E-state index contributed by atoms with van der Waals surface area (Å²) in [4.78, 5) is 23.8. The van der Waals surface area contributed by atoms with Crippen LogP contribution in [0.25, 0.3) is 0 Å². The first kappa shape index (κ1) is 18.2. The van der Waals surface area contributed by atoms with Gasteiger partial charge in [-0.05, 0) is 37.1 Å². The van der Waals surface area contributed by atoms with Gasteiger partial charge in [-0.25, -0.2) is 0 Å². The van der Waals surface area contributed by atoms with E-state index in [-0.39, 0.29) is 11.3 Å². The highest BCUT2D eigenvalue weighted by Crippen LogP contribution is 2.24. The van der Waals surface area contributed by atoms with Crippen molar-refractivity contribution in [2.45, 2.75) is 51.2 Å². The zero-order chi connectivity index (χ0) is 17.5. The molecule has 5 nitrogen and oxygen atoms in total. The molecule has 1 aromatic carbocycles. The second kappa shape index (κ2) is 8.61. The summed E-state index contributed by atoms with van der Waals surface area (Å²) in [5, 5.41) is 12.2. The van der Waals surface area contributed by atoms with Crippen molar-refractivity contribution in [3.8, 4) is 5.75 Å². The molecule has 1 aliphatic rings. The van der Waals surface area contributed by atoms with Gasteiger partial charge in [0, 0.05) is 11.6 Å². The molecule has 1 aliphatic carbocycles. The Morgan fingerprint density at radius 2 is 1.71 bits per heavy atom. The fourth-order valence-electron chi connectivity index (χ4n) is 2.99. The number of ether oxygens (including phenoxy) is 1. The topological polar surface area (TPSA) is 75.6 Å². The first-order valence-corrected chi connectivity index (χ1v) is 8.06. The summed E-state index contributed by atoms with van der Waals surface area (Å²) in [6.07, 6.45) is 4.91. The van der Waals surface area contributed by atoms with E-state index in [4.69, 9.17) is 0 Å². The Balaban J connectivity index is 2.03. The highest BCUT2D eigenvalue weighted by atomic mass is 19.3. The van der Waals surface area contributed by atoms with Crippen LogP contribution >= 0.6 is 0 Å². The average molecular weight is 341 g/mol. The van der Waals surface area contributed by atoms with Crippen LogP contribution in [0.2, 0.25) is 0 Å². The molecular formula is C17H21F2NO4. The molecule has 0 aliphatic heterocycles. The van der Waals surface area contributed by atoms with Crippen LogP contribution in [0.3, 0.4) is 0 Å². The summed E-state index contributed by atoms with van der Waals surface area (Å²) in [6, 6.07) is 4.91. The number of benzene rings is 1. The zero-order valence-electron chi connectivity index (χ0n) is 13.2. The fourth-order valence-corrected chi connectivity index (χ4v) is 2.99. The van der Waals surface area contributed by atoms with Crippen LogP contribution in [0.1, 0.15) is 48.9 Å². The van der Waals surface area contributed by atoms with E-state index in [2.05, 4.69) is 10.1 Å². The quantitative estimate of drug-likeness (QED) is 0.860. The molecule has 24 heavy (non-hydrogen) atoms. The van der Waals surface area contributed by atoms with Crippen molar-refractivity contribution in [2.24, 2.45) is 5.92 Å². The van der Waals surface area contributed by atoms with Crippen LogP contribution < -0.4 is 10.1 Å². The van der Waals surface area contributed by atoms with E-state index in [9.17, 15) is 23.5 Å². The average Bonchev–Trinajstić information content (AvgIpc) is 2.49. The van der Waals surface area contributed by atoms with Gasteiger partial charge in [-0.3, -0.25) is 9.59 Å². The lowest BCUT2D eigenvalue weighted by molar-refractivity contribution is -0.143. The van der Waals surface area contributed by atoms with Gasteiger partial charge < -0.3 is 15.2 Å². The summed E-state index contributed by atoms with van der Waals surface area (Å²) in [6.45, 7) is -2.92. The summed E-state index contributed by atoms with van der Waals surface area (Å²) < 4.78 is 28.5. The third-order valence-corrected chi connectivity index (χ3v) is 4.24. The van der Waals surface area contributed by atoms with Crippen LogP contribution in [-0.2, 0) is 4.79 Å². The molecule has 2 atom stereocenters. The Morgan fingerprint density at radius 3 is 2.29 bits per heavy atom. The number of hydrogen-bond donors (Lipinski definition) is 2. The molecule has 0 radical (unpaired) electrons. The van der Waals surface area contributed by atoms with Crippen molar-refractivity contribution in [1.29, 1.82) is 0 Å². The first-order valence-electron chi connectivity index (χ1n) is 8.06. The zero-order valence-corrected chi connectivity index (χ0v) is 13.2. The molecule has 2 N–H and O–H groups in total. The first-order chi connectivity index (χ1) is 11.5. The number of amides is 1. The second-order valence-electron chi connectivity index (χ2n) is 5.92. The highest BCUT2D eigenvalue weighted by molar-refractivity contribution is 5.94. The maximum atomic E-state index is 12.3. The number of carbonyl (C=O) groups excluding carboxylic acids is 1. The van der Waals surface area contributed by atoms with Crippen LogP contribution in [0, 0.1) is 5.92 Å². The Hall–Kier alpha value is -2.18. The number of carboxylic acids is 1. The van der Waals surface area contributed by atoms with Crippen molar-refractivity contribution in [2.75, 3.05) is 0 Å². The Labute approximate surface area is 139 Å². The third-order valence-electron chi connectivity index (χ3n) is 4.24. The van der Waals surface area contributed by atoms with E-state index in [1.165, 1.54) is 24.3 Å². The molecule has 2 rings (SSSR count). The SMILES string of the molecule is O=C(NC1CCCCCCC1C(=O)O)c1ccc(OC(F)F)cc1. The number of aliphatic carboxylic acids is 1. The van der Waals surface area contributed by atoms with Crippen LogP contribution in [0.4, 0.5) is 8.78 Å². The fraction of sp³-hybridized carbons (Fsp3) is 0.529. The molecule has 0 saturated heterocycles. The van der Waals surface area contributed by atoms with Gasteiger partial charge in [0.2, 0.25) is 0 Å². The van der Waals surface area contributed by atoms with Gasteiger partial charge in [-0.2, -0.15) is 8.78 Å². The number of halogens is 2. The molecular weight excluding hydrogens is 320 g/mol.